The average Bonchev–Trinajstić information content (AvgIpc) is 3.57. The highest BCUT2D eigenvalue weighted by Crippen LogP contribution is 2.44. The fourth-order valence-corrected chi connectivity index (χ4v) is 5.36. The maximum Gasteiger partial charge on any atom is 0.251 e. The number of hydroxylamine groups is 1. The van der Waals surface area contributed by atoms with Crippen LogP contribution in [0.5, 0.6) is 0 Å². The van der Waals surface area contributed by atoms with Gasteiger partial charge in [-0.15, -0.1) is 0 Å². The molecule has 8 nitrogen and oxygen atoms in total. The van der Waals surface area contributed by atoms with Crippen LogP contribution in [0.2, 0.25) is 0 Å². The second-order valence-electron chi connectivity index (χ2n) is 9.14. The number of carbonyl (C=O) groups is 2. The van der Waals surface area contributed by atoms with Gasteiger partial charge in [0.15, 0.2) is 0 Å². The van der Waals surface area contributed by atoms with E-state index in [9.17, 15) is 14.0 Å². The maximum atomic E-state index is 13.5. The number of nitrogens with zero attached hydrogens (tertiary/aromatic N) is 2. The lowest BCUT2D eigenvalue weighted by Gasteiger charge is -2.22. The highest BCUT2D eigenvalue weighted by Gasteiger charge is 2.51. The number of carbonyl (C=O) groups excluding carboxylic acids is 2. The van der Waals surface area contributed by atoms with Gasteiger partial charge in [-0.05, 0) is 55.5 Å². The molecule has 1 aliphatic heterocycles. The smallest absolute Gasteiger partial charge is 0.251 e. The van der Waals surface area contributed by atoms with Crippen LogP contribution >= 0.6 is 0 Å². The van der Waals surface area contributed by atoms with Gasteiger partial charge in [0.05, 0.1) is 22.6 Å². The first-order valence-electron chi connectivity index (χ1n) is 11.5. The summed E-state index contributed by atoms with van der Waals surface area (Å²) in [6.45, 7) is 0.416. The van der Waals surface area contributed by atoms with E-state index in [4.69, 9.17) is 9.94 Å². The van der Waals surface area contributed by atoms with Gasteiger partial charge in [-0.2, -0.15) is 0 Å². The summed E-state index contributed by atoms with van der Waals surface area (Å²) in [5, 5.41) is 12.1. The quantitative estimate of drug-likeness (QED) is 0.382. The van der Waals surface area contributed by atoms with Crippen LogP contribution in [0.1, 0.15) is 47.4 Å². The molecule has 1 aliphatic carbocycles. The van der Waals surface area contributed by atoms with E-state index >= 15 is 0 Å². The summed E-state index contributed by atoms with van der Waals surface area (Å²) in [5.74, 6) is -0.996. The average molecular weight is 467 g/mol. The molecule has 1 spiro atoms. The molecule has 178 valence electrons. The van der Waals surface area contributed by atoms with Crippen LogP contribution in [0.3, 0.4) is 0 Å². The number of benzene rings is 2. The van der Waals surface area contributed by atoms with E-state index in [1.54, 1.807) is 17.6 Å². The monoisotopic (exact) mass is 466 g/mol. The van der Waals surface area contributed by atoms with Gasteiger partial charge in [0, 0.05) is 24.8 Å². The minimum atomic E-state index is -0.662. The summed E-state index contributed by atoms with van der Waals surface area (Å²) < 4.78 is 21.3. The Morgan fingerprint density at radius 1 is 1.18 bits per heavy atom. The molecule has 2 amide bonds. The van der Waals surface area contributed by atoms with Gasteiger partial charge < -0.3 is 14.6 Å². The van der Waals surface area contributed by atoms with Crippen molar-refractivity contribution in [2.24, 2.45) is 5.92 Å². The number of aromatic nitrogens is 2. The topological polar surface area (TPSA) is 105 Å². The third-order valence-corrected chi connectivity index (χ3v) is 7.03. The molecule has 3 atom stereocenters. The number of fused-ring (bicyclic) bond motifs is 1. The minimum absolute atomic E-state index is 0.292. The van der Waals surface area contributed by atoms with Crippen molar-refractivity contribution in [2.45, 2.75) is 50.5 Å². The van der Waals surface area contributed by atoms with Crippen LogP contribution in [0.4, 0.5) is 4.39 Å². The molecule has 34 heavy (non-hydrogen) atoms. The van der Waals surface area contributed by atoms with Crippen molar-refractivity contribution in [1.82, 2.24) is 20.3 Å². The number of imidazole rings is 1. The zero-order valence-corrected chi connectivity index (χ0v) is 18.7. The first-order valence-corrected chi connectivity index (χ1v) is 11.5. The lowest BCUT2D eigenvalue weighted by molar-refractivity contribution is -0.134. The van der Waals surface area contributed by atoms with Crippen LogP contribution in [0.15, 0.2) is 48.5 Å². The molecule has 2 heterocycles. The first-order chi connectivity index (χ1) is 16.5. The molecule has 0 radical (unpaired) electrons. The molecule has 5 rings (SSSR count). The number of alkyl halides is 1. The molecular formula is C25H27FN4O4. The Hall–Kier alpha value is -3.30. The number of ether oxygens (including phenoxy) is 1. The molecule has 1 saturated heterocycles. The molecule has 1 aromatic heterocycles. The van der Waals surface area contributed by atoms with Crippen molar-refractivity contribution in [3.8, 4) is 0 Å². The summed E-state index contributed by atoms with van der Waals surface area (Å²) >= 11 is 0. The van der Waals surface area contributed by atoms with E-state index in [0.717, 1.165) is 29.4 Å². The molecule has 9 heteroatoms. The van der Waals surface area contributed by atoms with E-state index in [-0.39, 0.29) is 5.91 Å². The second kappa shape index (κ2) is 9.15. The molecule has 0 bridgehead atoms. The van der Waals surface area contributed by atoms with Crippen molar-refractivity contribution >= 4 is 22.8 Å². The summed E-state index contributed by atoms with van der Waals surface area (Å²) in [6, 6.07) is 14.2. The van der Waals surface area contributed by atoms with Gasteiger partial charge in [-0.25, -0.2) is 14.9 Å². The second-order valence-corrected chi connectivity index (χ2v) is 9.14. The third kappa shape index (κ3) is 4.17. The fourth-order valence-electron chi connectivity index (χ4n) is 5.36. The standard InChI is InChI=1S/C25H27FN4O4/c26-14-22-27-19-4-1-2-5-21(19)30(22)15-16-6-8-17(9-7-16)23(31)28-20-13-25(10-3-11-34-25)12-18(20)24(32)29-33/h1-2,4-9,18,20,33H,3,10-15H2,(H,28,31)(H,29,32)/t18-,20+,25+/m0/s1. The lowest BCUT2D eigenvalue weighted by Crippen LogP contribution is -2.43. The van der Waals surface area contributed by atoms with Crippen molar-refractivity contribution in [3.63, 3.8) is 0 Å². The van der Waals surface area contributed by atoms with Crippen LogP contribution < -0.4 is 10.8 Å². The Morgan fingerprint density at radius 2 is 1.97 bits per heavy atom. The Balaban J connectivity index is 1.30. The fraction of sp³-hybridized carbons (Fsp3) is 0.400. The third-order valence-electron chi connectivity index (χ3n) is 7.03. The molecule has 0 unspecified atom stereocenters. The molecule has 3 aromatic rings. The Bertz CT molecular complexity index is 1200. The number of rotatable bonds is 6. The minimum Gasteiger partial charge on any atom is -0.375 e. The first kappa shape index (κ1) is 22.5. The maximum absolute atomic E-state index is 13.5. The Kier molecular flexibility index (Phi) is 6.05. The molecule has 1 saturated carbocycles. The summed E-state index contributed by atoms with van der Waals surface area (Å²) in [7, 11) is 0. The lowest BCUT2D eigenvalue weighted by atomic mass is 9.96. The van der Waals surface area contributed by atoms with Crippen LogP contribution in [0, 0.1) is 5.92 Å². The normalized spacial score (nSPS) is 24.1. The highest BCUT2D eigenvalue weighted by molar-refractivity contribution is 5.95. The van der Waals surface area contributed by atoms with E-state index in [0.29, 0.717) is 37.4 Å². The van der Waals surface area contributed by atoms with E-state index < -0.39 is 30.1 Å². The highest BCUT2D eigenvalue weighted by atomic mass is 19.1. The number of hydrogen-bond donors (Lipinski definition) is 3. The summed E-state index contributed by atoms with van der Waals surface area (Å²) in [5.41, 5.74) is 4.28. The van der Waals surface area contributed by atoms with Gasteiger partial charge in [0.2, 0.25) is 5.91 Å². The molecule has 2 aromatic carbocycles. The zero-order valence-electron chi connectivity index (χ0n) is 18.7. The van der Waals surface area contributed by atoms with Crippen LogP contribution in [-0.2, 0) is 22.8 Å². The van der Waals surface area contributed by atoms with E-state index in [1.165, 1.54) is 0 Å². The Morgan fingerprint density at radius 3 is 2.68 bits per heavy atom. The molecule has 3 N–H and O–H groups in total. The van der Waals surface area contributed by atoms with Gasteiger partial charge in [0.1, 0.15) is 12.5 Å². The zero-order chi connectivity index (χ0) is 23.7. The molecule has 2 fully saturated rings. The predicted molar refractivity (Wildman–Crippen MR) is 122 cm³/mol. The number of hydrogen-bond acceptors (Lipinski definition) is 5. The summed E-state index contributed by atoms with van der Waals surface area (Å²) in [6.07, 6.45) is 2.77. The largest absolute Gasteiger partial charge is 0.375 e. The van der Waals surface area contributed by atoms with Crippen molar-refractivity contribution < 1.29 is 23.9 Å². The van der Waals surface area contributed by atoms with Gasteiger partial charge in [-0.3, -0.25) is 14.8 Å². The van der Waals surface area contributed by atoms with Gasteiger partial charge in [-0.1, -0.05) is 24.3 Å². The molecule has 2 aliphatic rings. The van der Waals surface area contributed by atoms with Crippen molar-refractivity contribution in [1.29, 1.82) is 0 Å². The van der Waals surface area contributed by atoms with Crippen LogP contribution in [-0.4, -0.2) is 44.8 Å². The van der Waals surface area contributed by atoms with Gasteiger partial charge in [0.25, 0.3) is 5.91 Å². The predicted octanol–water partition coefficient (Wildman–Crippen LogP) is 3.12. The number of para-hydroxylation sites is 2. The van der Waals surface area contributed by atoms with E-state index in [2.05, 4.69) is 10.3 Å². The SMILES string of the molecule is O=C(N[C@@H]1C[C@@]2(CCCO2)C[C@@H]1C(=O)NO)c1ccc(Cn2c(CF)nc3ccccc32)cc1. The number of halogens is 1. The number of amides is 2. The van der Waals surface area contributed by atoms with E-state index in [1.807, 2.05) is 41.0 Å². The van der Waals surface area contributed by atoms with Gasteiger partial charge >= 0.3 is 0 Å². The Labute approximate surface area is 196 Å². The molecular weight excluding hydrogens is 439 g/mol. The van der Waals surface area contributed by atoms with Crippen molar-refractivity contribution in [3.05, 3.63) is 65.5 Å². The van der Waals surface area contributed by atoms with Crippen molar-refractivity contribution in [2.75, 3.05) is 6.61 Å². The summed E-state index contributed by atoms with van der Waals surface area (Å²) in [4.78, 5) is 29.5. The van der Waals surface area contributed by atoms with Crippen LogP contribution in [0.25, 0.3) is 11.0 Å². The number of nitrogens with one attached hydrogen (secondary N) is 2.